The van der Waals surface area contributed by atoms with Crippen molar-refractivity contribution in [2.75, 3.05) is 26.8 Å². The third-order valence-electron chi connectivity index (χ3n) is 3.81. The molecule has 0 fully saturated rings. The minimum atomic E-state index is -1.16. The van der Waals surface area contributed by atoms with Gasteiger partial charge in [0.2, 0.25) is 0 Å². The molecule has 2 rings (SSSR count). The largest absolute Gasteiger partial charge is 0.466 e. The van der Waals surface area contributed by atoms with E-state index in [2.05, 4.69) is 25.8 Å². The van der Waals surface area contributed by atoms with E-state index in [0.29, 0.717) is 31.4 Å². The lowest BCUT2D eigenvalue weighted by atomic mass is 10.0. The predicted octanol–water partition coefficient (Wildman–Crippen LogP) is 0.306. The van der Waals surface area contributed by atoms with Crippen molar-refractivity contribution in [1.82, 2.24) is 25.4 Å². The maximum atomic E-state index is 10.5. The van der Waals surface area contributed by atoms with E-state index in [1.807, 2.05) is 18.5 Å². The molecule has 2 aromatic heterocycles. The van der Waals surface area contributed by atoms with E-state index >= 15 is 0 Å². The van der Waals surface area contributed by atoms with Crippen LogP contribution in [-0.2, 0) is 23.9 Å². The van der Waals surface area contributed by atoms with Gasteiger partial charge in [-0.3, -0.25) is 0 Å². The first-order valence-electron chi connectivity index (χ1n) is 8.06. The van der Waals surface area contributed by atoms with Crippen molar-refractivity contribution < 1.29 is 14.3 Å². The summed E-state index contributed by atoms with van der Waals surface area (Å²) in [7, 11) is 3.53. The Morgan fingerprint density at radius 2 is 2.24 bits per heavy atom. The topological polar surface area (TPSA) is 110 Å². The summed E-state index contributed by atoms with van der Waals surface area (Å²) in [5.41, 5.74) is -1.16. The Kier molecular flexibility index (Phi) is 6.54. The fourth-order valence-electron chi connectivity index (χ4n) is 2.11. The van der Waals surface area contributed by atoms with Crippen LogP contribution < -0.4 is 10.6 Å². The molecule has 1 unspecified atom stereocenters. The number of hydrogen-bond donors (Lipinski definition) is 3. The first-order valence-corrected chi connectivity index (χ1v) is 8.06. The lowest BCUT2D eigenvalue weighted by molar-refractivity contribution is 0.0385. The number of nitrogens with one attached hydrogen (secondary N) is 2. The van der Waals surface area contributed by atoms with E-state index in [1.165, 1.54) is 6.26 Å². The monoisotopic (exact) mass is 350 g/mol. The van der Waals surface area contributed by atoms with Crippen LogP contribution in [0, 0.1) is 6.92 Å². The molecule has 0 saturated heterocycles. The molecule has 0 saturated carbocycles. The van der Waals surface area contributed by atoms with E-state index in [0.717, 1.165) is 11.6 Å². The van der Waals surface area contributed by atoms with Crippen molar-refractivity contribution in [3.8, 4) is 0 Å². The van der Waals surface area contributed by atoms with E-state index in [4.69, 9.17) is 9.15 Å². The Labute approximate surface area is 147 Å². The van der Waals surface area contributed by atoms with Gasteiger partial charge >= 0.3 is 0 Å². The minimum Gasteiger partial charge on any atom is -0.466 e. The van der Waals surface area contributed by atoms with Crippen LogP contribution >= 0.6 is 0 Å². The molecule has 138 valence electrons. The highest BCUT2D eigenvalue weighted by Gasteiger charge is 2.26. The van der Waals surface area contributed by atoms with Crippen LogP contribution in [0.4, 0.5) is 0 Å². The third-order valence-corrected chi connectivity index (χ3v) is 3.81. The fourth-order valence-corrected chi connectivity index (χ4v) is 2.11. The number of guanidine groups is 1. The van der Waals surface area contributed by atoms with Gasteiger partial charge in [-0.25, -0.2) is 4.99 Å². The maximum absolute atomic E-state index is 10.5. The predicted molar refractivity (Wildman–Crippen MR) is 93.0 cm³/mol. The third kappa shape index (κ3) is 5.30. The Hall–Kier alpha value is -2.39. The second-order valence-electron chi connectivity index (χ2n) is 5.91. The molecule has 1 atom stereocenters. The number of hydrogen-bond acceptors (Lipinski definition) is 6. The number of rotatable bonds is 8. The Morgan fingerprint density at radius 3 is 2.84 bits per heavy atom. The molecule has 0 aromatic carbocycles. The first kappa shape index (κ1) is 18.9. The molecule has 2 aromatic rings. The van der Waals surface area contributed by atoms with Gasteiger partial charge in [-0.1, -0.05) is 0 Å². The first-order chi connectivity index (χ1) is 11.9. The quantitative estimate of drug-likeness (QED) is 0.357. The van der Waals surface area contributed by atoms with Crippen LogP contribution in [0.15, 0.2) is 27.8 Å². The zero-order valence-corrected chi connectivity index (χ0v) is 15.1. The highest BCUT2D eigenvalue weighted by atomic mass is 16.5. The summed E-state index contributed by atoms with van der Waals surface area (Å²) < 4.78 is 12.2. The Morgan fingerprint density at radius 1 is 1.44 bits per heavy atom. The Balaban J connectivity index is 2.01. The summed E-state index contributed by atoms with van der Waals surface area (Å²) >= 11 is 0. The summed E-state index contributed by atoms with van der Waals surface area (Å²) in [4.78, 5) is 4.50. The summed E-state index contributed by atoms with van der Waals surface area (Å²) in [6, 6.07) is 3.48. The van der Waals surface area contributed by atoms with Crippen molar-refractivity contribution in [3.05, 3.63) is 35.8 Å². The molecule has 0 amide bonds. The van der Waals surface area contributed by atoms with Gasteiger partial charge in [-0.15, -0.1) is 10.2 Å². The molecule has 0 aliphatic carbocycles. The van der Waals surface area contributed by atoms with Gasteiger partial charge in [0.05, 0.1) is 19.4 Å². The summed E-state index contributed by atoms with van der Waals surface area (Å²) in [5.74, 6) is 2.61. The number of ether oxygens (including phenoxy) is 1. The van der Waals surface area contributed by atoms with Gasteiger partial charge in [0.1, 0.15) is 23.7 Å². The van der Waals surface area contributed by atoms with Crippen LogP contribution in [0.3, 0.4) is 0 Å². The molecular weight excluding hydrogens is 324 g/mol. The van der Waals surface area contributed by atoms with Crippen molar-refractivity contribution in [2.24, 2.45) is 12.0 Å². The highest BCUT2D eigenvalue weighted by Crippen LogP contribution is 2.19. The molecule has 3 N–H and O–H groups in total. The zero-order valence-electron chi connectivity index (χ0n) is 15.1. The van der Waals surface area contributed by atoms with Gasteiger partial charge in [0.15, 0.2) is 11.8 Å². The summed E-state index contributed by atoms with van der Waals surface area (Å²) in [6.07, 6.45) is 1.53. The minimum absolute atomic E-state index is 0.233. The van der Waals surface area contributed by atoms with Gasteiger partial charge in [-0.05, 0) is 26.0 Å². The second kappa shape index (κ2) is 8.63. The smallest absolute Gasteiger partial charge is 0.191 e. The van der Waals surface area contributed by atoms with Crippen molar-refractivity contribution in [2.45, 2.75) is 26.0 Å². The number of aromatic nitrogens is 3. The van der Waals surface area contributed by atoms with Crippen LogP contribution in [0.5, 0.6) is 0 Å². The van der Waals surface area contributed by atoms with Crippen molar-refractivity contribution in [3.63, 3.8) is 0 Å². The van der Waals surface area contributed by atoms with Crippen molar-refractivity contribution >= 4 is 5.96 Å². The van der Waals surface area contributed by atoms with Crippen LogP contribution in [-0.4, -0.2) is 52.6 Å². The number of furan rings is 1. The van der Waals surface area contributed by atoms with Gasteiger partial charge in [0, 0.05) is 20.7 Å². The number of methoxy groups -OCH3 is 1. The van der Waals surface area contributed by atoms with E-state index in [1.54, 1.807) is 26.2 Å². The van der Waals surface area contributed by atoms with Crippen molar-refractivity contribution in [1.29, 1.82) is 0 Å². The number of nitrogens with zero attached hydrogens (tertiary/aromatic N) is 4. The average molecular weight is 350 g/mol. The number of aryl methyl sites for hydroxylation is 1. The SMILES string of the molecule is COCCNC(=NCc1nnc(C)n1C)NCC(C)(O)c1ccco1. The van der Waals surface area contributed by atoms with E-state index in [-0.39, 0.29) is 6.54 Å². The second-order valence-corrected chi connectivity index (χ2v) is 5.91. The standard InChI is InChI=1S/C16H26N6O3/c1-12-20-21-14(22(12)3)10-18-15(17-7-9-24-4)19-11-16(2,23)13-6-5-8-25-13/h5-6,8,23H,7,9-11H2,1-4H3,(H2,17,18,19). The lowest BCUT2D eigenvalue weighted by Crippen LogP contribution is -2.45. The normalized spacial score (nSPS) is 14.4. The molecule has 25 heavy (non-hydrogen) atoms. The molecule has 0 aliphatic rings. The van der Waals surface area contributed by atoms with Gasteiger partial charge < -0.3 is 29.5 Å². The maximum Gasteiger partial charge on any atom is 0.191 e. The molecule has 0 radical (unpaired) electrons. The fraction of sp³-hybridized carbons (Fsp3) is 0.562. The van der Waals surface area contributed by atoms with Gasteiger partial charge in [0.25, 0.3) is 0 Å². The van der Waals surface area contributed by atoms with Crippen LogP contribution in [0.2, 0.25) is 0 Å². The average Bonchev–Trinajstić information content (AvgIpc) is 3.23. The zero-order chi connectivity index (χ0) is 18.3. The lowest BCUT2D eigenvalue weighted by Gasteiger charge is -2.22. The number of aliphatic hydroxyl groups is 1. The highest BCUT2D eigenvalue weighted by molar-refractivity contribution is 5.79. The molecule has 0 spiro atoms. The van der Waals surface area contributed by atoms with E-state index < -0.39 is 5.60 Å². The molecular formula is C16H26N6O3. The molecule has 2 heterocycles. The van der Waals surface area contributed by atoms with Crippen LogP contribution in [0.1, 0.15) is 24.3 Å². The van der Waals surface area contributed by atoms with Gasteiger partial charge in [-0.2, -0.15) is 0 Å². The molecule has 0 bridgehead atoms. The number of aliphatic imine (C=N–C) groups is 1. The molecule has 9 nitrogen and oxygen atoms in total. The van der Waals surface area contributed by atoms with Crippen LogP contribution in [0.25, 0.3) is 0 Å². The summed E-state index contributed by atoms with van der Waals surface area (Å²) in [6.45, 7) is 5.29. The molecule has 9 heteroatoms. The van der Waals surface area contributed by atoms with E-state index in [9.17, 15) is 5.11 Å². The molecule has 0 aliphatic heterocycles. The Bertz CT molecular complexity index is 678. The summed E-state index contributed by atoms with van der Waals surface area (Å²) in [5, 5.41) is 24.9.